The van der Waals surface area contributed by atoms with Crippen LogP contribution in [0.15, 0.2) is 48.5 Å². The monoisotopic (exact) mass is 608 g/mol. The predicted octanol–water partition coefficient (Wildman–Crippen LogP) is 5.40. The number of benzene rings is 2. The summed E-state index contributed by atoms with van der Waals surface area (Å²) in [6.45, 7) is 9.25. The van der Waals surface area contributed by atoms with Crippen molar-refractivity contribution in [1.29, 1.82) is 0 Å². The topological polar surface area (TPSA) is 103 Å². The van der Waals surface area contributed by atoms with Crippen molar-refractivity contribution in [2.24, 2.45) is 0 Å². The second-order valence-corrected chi connectivity index (χ2v) is 11.8. The lowest BCUT2D eigenvalue weighted by Crippen LogP contribution is -2.62. The number of nitrogens with zero attached hydrogens (tertiary/aromatic N) is 1. The van der Waals surface area contributed by atoms with Crippen LogP contribution in [0.4, 0.5) is 18.0 Å². The summed E-state index contributed by atoms with van der Waals surface area (Å²) in [6, 6.07) is 12.6. The van der Waals surface area contributed by atoms with E-state index in [1.807, 2.05) is 30.3 Å². The molecule has 0 saturated carbocycles. The average Bonchev–Trinajstić information content (AvgIpc) is 3.17. The molecule has 0 radical (unpaired) electrons. The Hall–Kier alpha value is -3.64. The van der Waals surface area contributed by atoms with Crippen molar-refractivity contribution >= 4 is 17.8 Å². The Morgan fingerprint density at radius 2 is 1.65 bits per heavy atom. The maximum absolute atomic E-state index is 13.8. The van der Waals surface area contributed by atoms with Crippen molar-refractivity contribution < 1.29 is 46.5 Å². The molecule has 1 N–H and O–H groups in total. The number of ether oxygens (including phenoxy) is 4. The largest absolute Gasteiger partial charge is 0.491 e. The fourth-order valence-electron chi connectivity index (χ4n) is 4.59. The molecule has 1 aliphatic heterocycles. The number of Topliss-reactive ketones (excluding diaryl/α,β-unsaturated/α-hetero) is 1. The summed E-state index contributed by atoms with van der Waals surface area (Å²) in [5, 5.41) is 2.44. The highest BCUT2D eigenvalue weighted by Crippen LogP contribution is 2.38. The van der Waals surface area contributed by atoms with Crippen molar-refractivity contribution in [3.63, 3.8) is 0 Å². The van der Waals surface area contributed by atoms with Gasteiger partial charge >= 0.3 is 12.3 Å². The number of nitrogens with one attached hydrogen (secondary N) is 1. The Morgan fingerprint density at radius 1 is 0.977 bits per heavy atom. The first kappa shape index (κ1) is 33.9. The Bertz CT molecular complexity index is 1290. The van der Waals surface area contributed by atoms with Gasteiger partial charge in [0.1, 0.15) is 29.2 Å². The molecule has 1 atom stereocenters. The Balaban J connectivity index is 1.61. The molecule has 12 heteroatoms. The third-order valence-corrected chi connectivity index (χ3v) is 6.68. The molecular formula is C31H39F3N2O7. The zero-order valence-corrected chi connectivity index (χ0v) is 25.3. The summed E-state index contributed by atoms with van der Waals surface area (Å²) in [7, 11) is 0. The molecule has 0 unspecified atom stereocenters. The molecule has 1 heterocycles. The second-order valence-electron chi connectivity index (χ2n) is 11.8. The number of carbonyl (C=O) groups is 3. The van der Waals surface area contributed by atoms with Gasteiger partial charge in [-0.25, -0.2) is 4.79 Å². The molecule has 9 nitrogen and oxygen atoms in total. The van der Waals surface area contributed by atoms with Crippen LogP contribution < -0.4 is 10.1 Å². The summed E-state index contributed by atoms with van der Waals surface area (Å²) < 4.78 is 63.4. The summed E-state index contributed by atoms with van der Waals surface area (Å²) in [4.78, 5) is 40.2. The van der Waals surface area contributed by atoms with Crippen molar-refractivity contribution in [3.8, 4) is 5.75 Å². The van der Waals surface area contributed by atoms with Crippen molar-refractivity contribution in [3.05, 3.63) is 65.2 Å². The SMILES string of the molecule is CC(C)(C)OC(=O)N1C(C)(C)OC[C@]1(C)C(=O)NCC(=O)c1ccc(OCCOCCc2ccccc2)c(C(F)(F)F)c1. The van der Waals surface area contributed by atoms with E-state index in [-0.39, 0.29) is 25.4 Å². The maximum atomic E-state index is 13.8. The molecule has 0 spiro atoms. The molecule has 2 aromatic carbocycles. The lowest BCUT2D eigenvalue weighted by atomic mass is 9.99. The van der Waals surface area contributed by atoms with Gasteiger partial charge in [0, 0.05) is 5.56 Å². The number of halogens is 3. The van der Waals surface area contributed by atoms with Crippen LogP contribution in [-0.4, -0.2) is 72.5 Å². The van der Waals surface area contributed by atoms with Crippen molar-refractivity contribution in [2.75, 3.05) is 33.0 Å². The van der Waals surface area contributed by atoms with E-state index in [0.717, 1.165) is 16.5 Å². The van der Waals surface area contributed by atoms with Gasteiger partial charge in [0.25, 0.3) is 0 Å². The summed E-state index contributed by atoms with van der Waals surface area (Å²) in [5.74, 6) is -1.92. The number of alkyl halides is 3. The van der Waals surface area contributed by atoms with Crippen LogP contribution in [0.25, 0.3) is 0 Å². The lowest BCUT2D eigenvalue weighted by Gasteiger charge is -2.39. The molecule has 2 amide bonds. The zero-order valence-electron chi connectivity index (χ0n) is 25.3. The normalized spacial score (nSPS) is 18.3. The standard InChI is InChI=1S/C31H39F3N2O7/c1-28(2,3)43-27(39)36-29(4,5)42-20-30(36,6)26(38)35-19-24(37)22-12-13-25(23(18-22)31(32,33)34)41-17-16-40-15-14-21-10-8-7-9-11-21/h7-13,18H,14-17,19-20H2,1-6H3,(H,35,38)/t30-/m1/s1. The van der Waals surface area contributed by atoms with Crippen LogP contribution in [0.3, 0.4) is 0 Å². The Morgan fingerprint density at radius 3 is 2.28 bits per heavy atom. The van der Waals surface area contributed by atoms with E-state index >= 15 is 0 Å². The molecular weight excluding hydrogens is 569 g/mol. The predicted molar refractivity (Wildman–Crippen MR) is 152 cm³/mol. The highest BCUT2D eigenvalue weighted by molar-refractivity contribution is 6.01. The number of carbonyl (C=O) groups excluding carboxylic acids is 3. The van der Waals surface area contributed by atoms with Gasteiger partial charge in [-0.05, 0) is 71.7 Å². The Labute approximate surface area is 249 Å². The Kier molecular flexibility index (Phi) is 10.5. The molecule has 2 aromatic rings. The van der Waals surface area contributed by atoms with Crippen LogP contribution >= 0.6 is 0 Å². The first-order valence-electron chi connectivity index (χ1n) is 13.9. The first-order valence-corrected chi connectivity index (χ1v) is 13.9. The fourth-order valence-corrected chi connectivity index (χ4v) is 4.59. The quantitative estimate of drug-likeness (QED) is 0.269. The highest BCUT2D eigenvalue weighted by Gasteiger charge is 2.57. The van der Waals surface area contributed by atoms with Crippen molar-refractivity contribution in [1.82, 2.24) is 10.2 Å². The van der Waals surface area contributed by atoms with Crippen LogP contribution in [0.5, 0.6) is 5.75 Å². The van der Waals surface area contributed by atoms with Gasteiger partial charge in [0.2, 0.25) is 5.91 Å². The minimum absolute atomic E-state index is 0.0798. The highest BCUT2D eigenvalue weighted by atomic mass is 19.4. The third-order valence-electron chi connectivity index (χ3n) is 6.68. The molecule has 1 aliphatic rings. The first-order chi connectivity index (χ1) is 19.9. The van der Waals surface area contributed by atoms with Crippen LogP contribution in [0.2, 0.25) is 0 Å². The minimum atomic E-state index is -4.79. The number of rotatable bonds is 11. The maximum Gasteiger partial charge on any atom is 0.419 e. The van der Waals surface area contributed by atoms with Gasteiger partial charge in [0.15, 0.2) is 5.78 Å². The summed E-state index contributed by atoms with van der Waals surface area (Å²) in [5.41, 5.74) is -3.88. The molecule has 0 aliphatic carbocycles. The molecule has 1 saturated heterocycles. The van der Waals surface area contributed by atoms with Gasteiger partial charge in [0.05, 0.1) is 31.9 Å². The van der Waals surface area contributed by atoms with E-state index in [9.17, 15) is 27.6 Å². The zero-order chi connectivity index (χ0) is 32.1. The van der Waals surface area contributed by atoms with Crippen LogP contribution in [-0.2, 0) is 31.6 Å². The van der Waals surface area contributed by atoms with Crippen LogP contribution in [0.1, 0.15) is 63.0 Å². The van der Waals surface area contributed by atoms with Gasteiger partial charge in [-0.3, -0.25) is 14.5 Å². The minimum Gasteiger partial charge on any atom is -0.491 e. The molecule has 0 aromatic heterocycles. The lowest BCUT2D eigenvalue weighted by molar-refractivity contribution is -0.139. The van der Waals surface area contributed by atoms with Crippen molar-refractivity contribution in [2.45, 2.75) is 71.0 Å². The average molecular weight is 609 g/mol. The van der Waals surface area contributed by atoms with E-state index in [0.29, 0.717) is 19.1 Å². The van der Waals surface area contributed by atoms with Crippen LogP contribution in [0, 0.1) is 0 Å². The summed E-state index contributed by atoms with van der Waals surface area (Å²) >= 11 is 0. The number of ketones is 1. The molecule has 3 rings (SSSR count). The smallest absolute Gasteiger partial charge is 0.419 e. The second kappa shape index (κ2) is 13.3. The van der Waals surface area contributed by atoms with E-state index in [2.05, 4.69) is 5.32 Å². The number of amides is 2. The van der Waals surface area contributed by atoms with Gasteiger partial charge in [-0.2, -0.15) is 13.2 Å². The van der Waals surface area contributed by atoms with Gasteiger partial charge in [-0.15, -0.1) is 0 Å². The number of hydrogen-bond acceptors (Lipinski definition) is 7. The van der Waals surface area contributed by atoms with E-state index in [1.54, 1.807) is 34.6 Å². The van der Waals surface area contributed by atoms with E-state index in [4.69, 9.17) is 18.9 Å². The summed E-state index contributed by atoms with van der Waals surface area (Å²) in [6.07, 6.45) is -4.92. The molecule has 1 fully saturated rings. The number of hydrogen-bond donors (Lipinski definition) is 1. The molecule has 236 valence electrons. The fraction of sp³-hybridized carbons (Fsp3) is 0.516. The van der Waals surface area contributed by atoms with Gasteiger partial charge < -0.3 is 24.3 Å². The van der Waals surface area contributed by atoms with E-state index in [1.165, 1.54) is 13.0 Å². The van der Waals surface area contributed by atoms with E-state index < -0.39 is 58.7 Å². The molecule has 0 bridgehead atoms. The third kappa shape index (κ3) is 8.93. The molecule has 43 heavy (non-hydrogen) atoms. The van der Waals surface area contributed by atoms with Gasteiger partial charge in [-0.1, -0.05) is 30.3 Å².